The largest absolute Gasteiger partial charge is 0.454 e. The Morgan fingerprint density at radius 2 is 1.60 bits per heavy atom. The number of carbonyl (C=O) groups excluding carboxylic acids is 1. The van der Waals surface area contributed by atoms with E-state index in [0.717, 1.165) is 0 Å². The zero-order valence-electron chi connectivity index (χ0n) is 9.99. The highest BCUT2D eigenvalue weighted by atomic mass is 35.5. The molecule has 0 saturated carbocycles. The summed E-state index contributed by atoms with van der Waals surface area (Å²) >= 11 is 17.7. The summed E-state index contributed by atoms with van der Waals surface area (Å²) in [6.45, 7) is 0. The number of amides is 1. The molecule has 0 heterocycles. The molecule has 2 rings (SSSR count). The Kier molecular flexibility index (Phi) is 4.28. The number of hydrogen-bond donors (Lipinski definition) is 2. The van der Waals surface area contributed by atoms with Gasteiger partial charge in [-0.25, -0.2) is 0 Å². The second-order valence-corrected chi connectivity index (χ2v) is 5.14. The molecule has 1 amide bonds. The molecule has 0 aliphatic heterocycles. The maximum absolute atomic E-state index is 11.1. The number of anilines is 1. The van der Waals surface area contributed by atoms with Crippen molar-refractivity contribution in [3.63, 3.8) is 0 Å². The summed E-state index contributed by atoms with van der Waals surface area (Å²) in [6.07, 6.45) is 0. The lowest BCUT2D eigenvalue weighted by Crippen LogP contribution is -2.11. The van der Waals surface area contributed by atoms with E-state index >= 15 is 0 Å². The summed E-state index contributed by atoms with van der Waals surface area (Å²) in [7, 11) is 0. The Labute approximate surface area is 130 Å². The summed E-state index contributed by atoms with van der Waals surface area (Å²) < 4.78 is 5.56. The van der Waals surface area contributed by atoms with Crippen molar-refractivity contribution < 1.29 is 9.53 Å². The van der Waals surface area contributed by atoms with Gasteiger partial charge in [0.25, 0.3) is 0 Å². The van der Waals surface area contributed by atoms with Gasteiger partial charge in [0.05, 0.1) is 20.8 Å². The fraction of sp³-hybridized carbons (Fsp3) is 0. The van der Waals surface area contributed by atoms with Crippen LogP contribution in [0.1, 0.15) is 10.4 Å². The minimum Gasteiger partial charge on any atom is -0.454 e. The molecule has 2 aromatic rings. The molecule has 104 valence electrons. The van der Waals surface area contributed by atoms with Gasteiger partial charge in [0, 0.05) is 11.6 Å². The molecule has 0 saturated heterocycles. The summed E-state index contributed by atoms with van der Waals surface area (Å²) in [5, 5.41) is 0.863. The fourth-order valence-electron chi connectivity index (χ4n) is 1.48. The monoisotopic (exact) mass is 330 g/mol. The first-order valence-corrected chi connectivity index (χ1v) is 6.53. The van der Waals surface area contributed by atoms with Crippen molar-refractivity contribution in [3.05, 3.63) is 51.0 Å². The van der Waals surface area contributed by atoms with Crippen LogP contribution in [0.5, 0.6) is 11.5 Å². The number of nitrogen functional groups attached to an aromatic ring is 1. The van der Waals surface area contributed by atoms with Gasteiger partial charge in [-0.1, -0.05) is 34.8 Å². The van der Waals surface area contributed by atoms with Crippen LogP contribution in [0, 0.1) is 0 Å². The van der Waals surface area contributed by atoms with E-state index in [1.165, 1.54) is 30.3 Å². The van der Waals surface area contributed by atoms with Crippen molar-refractivity contribution in [2.45, 2.75) is 0 Å². The van der Waals surface area contributed by atoms with Crippen LogP contribution >= 0.6 is 34.8 Å². The summed E-state index contributed by atoms with van der Waals surface area (Å²) in [4.78, 5) is 11.1. The average molecular weight is 332 g/mol. The van der Waals surface area contributed by atoms with Crippen molar-refractivity contribution in [1.29, 1.82) is 0 Å². The normalized spacial score (nSPS) is 10.3. The van der Waals surface area contributed by atoms with Gasteiger partial charge in [-0.2, -0.15) is 0 Å². The van der Waals surface area contributed by atoms with Gasteiger partial charge in [-0.15, -0.1) is 0 Å². The molecule has 4 nitrogen and oxygen atoms in total. The predicted molar refractivity (Wildman–Crippen MR) is 80.9 cm³/mol. The Morgan fingerprint density at radius 3 is 2.25 bits per heavy atom. The first kappa shape index (κ1) is 14.8. The Balaban J connectivity index is 2.42. The molecule has 0 spiro atoms. The van der Waals surface area contributed by atoms with E-state index < -0.39 is 5.91 Å². The topological polar surface area (TPSA) is 78.3 Å². The third-order valence-electron chi connectivity index (χ3n) is 2.49. The van der Waals surface area contributed by atoms with Crippen molar-refractivity contribution in [3.8, 4) is 11.5 Å². The van der Waals surface area contributed by atoms with Crippen LogP contribution in [0.3, 0.4) is 0 Å². The molecule has 7 heteroatoms. The number of benzene rings is 2. The van der Waals surface area contributed by atoms with Gasteiger partial charge in [0.15, 0.2) is 5.75 Å². The van der Waals surface area contributed by atoms with Crippen LogP contribution in [0.4, 0.5) is 5.69 Å². The average Bonchev–Trinajstić information content (AvgIpc) is 2.38. The van der Waals surface area contributed by atoms with E-state index in [2.05, 4.69) is 0 Å². The number of hydrogen-bond acceptors (Lipinski definition) is 3. The van der Waals surface area contributed by atoms with Crippen molar-refractivity contribution in [2.24, 2.45) is 5.73 Å². The van der Waals surface area contributed by atoms with Gasteiger partial charge in [0.1, 0.15) is 5.75 Å². The SMILES string of the molecule is NC(=O)c1ccc(N)c(Oc2cc(Cl)c(Cl)cc2Cl)c1. The minimum absolute atomic E-state index is 0.251. The van der Waals surface area contributed by atoms with Crippen LogP contribution in [-0.4, -0.2) is 5.91 Å². The van der Waals surface area contributed by atoms with E-state index in [-0.39, 0.29) is 27.1 Å². The van der Waals surface area contributed by atoms with Gasteiger partial charge in [-0.05, 0) is 24.3 Å². The molecular weight excluding hydrogens is 323 g/mol. The first-order chi connectivity index (χ1) is 9.38. The highest BCUT2D eigenvalue weighted by Crippen LogP contribution is 2.38. The highest BCUT2D eigenvalue weighted by Gasteiger charge is 2.11. The highest BCUT2D eigenvalue weighted by molar-refractivity contribution is 6.43. The van der Waals surface area contributed by atoms with Crippen LogP contribution in [-0.2, 0) is 0 Å². The number of rotatable bonds is 3. The van der Waals surface area contributed by atoms with Crippen LogP contribution in [0.15, 0.2) is 30.3 Å². The van der Waals surface area contributed by atoms with Gasteiger partial charge < -0.3 is 16.2 Å². The third-order valence-corrected chi connectivity index (χ3v) is 3.51. The Morgan fingerprint density at radius 1 is 0.950 bits per heavy atom. The van der Waals surface area contributed by atoms with E-state index in [1.54, 1.807) is 0 Å². The maximum Gasteiger partial charge on any atom is 0.248 e. The van der Waals surface area contributed by atoms with Crippen molar-refractivity contribution in [2.75, 3.05) is 5.73 Å². The maximum atomic E-state index is 11.1. The van der Waals surface area contributed by atoms with E-state index in [0.29, 0.717) is 10.7 Å². The number of carbonyl (C=O) groups is 1. The molecular formula is C13H9Cl3N2O2. The zero-order valence-corrected chi connectivity index (χ0v) is 12.3. The number of nitrogens with two attached hydrogens (primary N) is 2. The van der Waals surface area contributed by atoms with Crippen LogP contribution in [0.25, 0.3) is 0 Å². The van der Waals surface area contributed by atoms with Crippen molar-refractivity contribution >= 4 is 46.4 Å². The summed E-state index contributed by atoms with van der Waals surface area (Å²) in [5.41, 5.74) is 11.6. The van der Waals surface area contributed by atoms with Gasteiger partial charge in [0.2, 0.25) is 5.91 Å². The zero-order chi connectivity index (χ0) is 14.9. The first-order valence-electron chi connectivity index (χ1n) is 5.40. The number of ether oxygens (including phenoxy) is 1. The Hall–Kier alpha value is -1.62. The molecule has 4 N–H and O–H groups in total. The summed E-state index contributed by atoms with van der Waals surface area (Å²) in [6, 6.07) is 7.36. The molecule has 0 atom stereocenters. The second kappa shape index (κ2) is 5.79. The van der Waals surface area contributed by atoms with Crippen molar-refractivity contribution in [1.82, 2.24) is 0 Å². The lowest BCUT2D eigenvalue weighted by Gasteiger charge is -2.11. The number of halogens is 3. The molecule has 0 aliphatic rings. The molecule has 0 aromatic heterocycles. The lowest BCUT2D eigenvalue weighted by molar-refractivity contribution is 0.1000. The van der Waals surface area contributed by atoms with E-state index in [9.17, 15) is 4.79 Å². The molecule has 2 aromatic carbocycles. The molecule has 0 unspecified atom stereocenters. The minimum atomic E-state index is -0.588. The van der Waals surface area contributed by atoms with E-state index in [4.69, 9.17) is 51.0 Å². The standard InChI is InChI=1S/C13H9Cl3N2O2/c14-7-4-9(16)11(5-8(7)15)20-12-3-6(13(18)19)1-2-10(12)17/h1-5H,17H2,(H2,18,19). The quantitative estimate of drug-likeness (QED) is 0.656. The smallest absolute Gasteiger partial charge is 0.248 e. The number of primary amides is 1. The third kappa shape index (κ3) is 3.10. The summed E-state index contributed by atoms with van der Waals surface area (Å²) in [5.74, 6) is -0.0638. The molecule has 0 fully saturated rings. The lowest BCUT2D eigenvalue weighted by atomic mass is 10.2. The van der Waals surface area contributed by atoms with Gasteiger partial charge in [-0.3, -0.25) is 4.79 Å². The van der Waals surface area contributed by atoms with Crippen LogP contribution in [0.2, 0.25) is 15.1 Å². The fourth-order valence-corrected chi connectivity index (χ4v) is 2.05. The van der Waals surface area contributed by atoms with Gasteiger partial charge >= 0.3 is 0 Å². The molecule has 0 radical (unpaired) electrons. The molecule has 0 aliphatic carbocycles. The second-order valence-electron chi connectivity index (χ2n) is 3.92. The van der Waals surface area contributed by atoms with Crippen LogP contribution < -0.4 is 16.2 Å². The Bertz CT molecular complexity index is 690. The molecule has 0 bridgehead atoms. The predicted octanol–water partition coefficient (Wildman–Crippen LogP) is 4.12. The molecule has 20 heavy (non-hydrogen) atoms. The van der Waals surface area contributed by atoms with E-state index in [1.807, 2.05) is 0 Å².